The van der Waals surface area contributed by atoms with Gasteiger partial charge >= 0.3 is 0 Å². The molecular weight excluding hydrogens is 257 g/mol. The van der Waals surface area contributed by atoms with Crippen LogP contribution in [0.15, 0.2) is 36.7 Å². The first kappa shape index (κ1) is 14.0. The van der Waals surface area contributed by atoms with Crippen LogP contribution in [-0.4, -0.2) is 22.8 Å². The fraction of sp³-hybridized carbons (Fsp3) is 0.286. The Morgan fingerprint density at radius 3 is 2.75 bits per heavy atom. The predicted octanol–water partition coefficient (Wildman–Crippen LogP) is 1.51. The summed E-state index contributed by atoms with van der Waals surface area (Å²) in [7, 11) is 1.70. The van der Waals surface area contributed by atoms with Crippen molar-refractivity contribution in [2.45, 2.75) is 19.5 Å². The standard InChI is InChI=1S/C14H18FN5/c1-17-14(16)18-8-12-9-19-20(10-12)7-6-11-2-4-13(15)5-3-11/h2-5,9-10H,6-8H2,1H3,(H3,16,17,18). The Morgan fingerprint density at radius 2 is 2.05 bits per heavy atom. The van der Waals surface area contributed by atoms with E-state index < -0.39 is 0 Å². The number of aryl methyl sites for hydroxylation is 2. The zero-order chi connectivity index (χ0) is 14.4. The highest BCUT2D eigenvalue weighted by Gasteiger charge is 2.00. The van der Waals surface area contributed by atoms with E-state index in [4.69, 9.17) is 5.41 Å². The van der Waals surface area contributed by atoms with Crippen molar-refractivity contribution in [1.29, 1.82) is 5.41 Å². The van der Waals surface area contributed by atoms with E-state index in [9.17, 15) is 4.39 Å². The summed E-state index contributed by atoms with van der Waals surface area (Å²) in [4.78, 5) is 0. The number of nitrogens with one attached hydrogen (secondary N) is 3. The van der Waals surface area contributed by atoms with E-state index in [0.29, 0.717) is 6.54 Å². The predicted molar refractivity (Wildman–Crippen MR) is 76.0 cm³/mol. The molecule has 2 rings (SSSR count). The van der Waals surface area contributed by atoms with Crippen LogP contribution in [0.1, 0.15) is 11.1 Å². The Kier molecular flexibility index (Phi) is 4.70. The fourth-order valence-electron chi connectivity index (χ4n) is 1.79. The van der Waals surface area contributed by atoms with Crippen LogP contribution in [0.5, 0.6) is 0 Å². The van der Waals surface area contributed by atoms with Gasteiger partial charge in [-0.2, -0.15) is 5.10 Å². The first-order valence-electron chi connectivity index (χ1n) is 6.43. The second kappa shape index (κ2) is 6.70. The summed E-state index contributed by atoms with van der Waals surface area (Å²) in [5.41, 5.74) is 2.10. The molecule has 0 aliphatic carbocycles. The maximum Gasteiger partial charge on any atom is 0.188 e. The van der Waals surface area contributed by atoms with E-state index in [1.165, 1.54) is 12.1 Å². The number of nitrogens with zero attached hydrogens (tertiary/aromatic N) is 2. The van der Waals surface area contributed by atoms with E-state index in [-0.39, 0.29) is 11.8 Å². The molecule has 0 unspecified atom stereocenters. The minimum Gasteiger partial charge on any atom is -0.360 e. The average Bonchev–Trinajstić information content (AvgIpc) is 2.92. The van der Waals surface area contributed by atoms with Crippen LogP contribution in [0.2, 0.25) is 0 Å². The third-order valence-corrected chi connectivity index (χ3v) is 2.95. The lowest BCUT2D eigenvalue weighted by molar-refractivity contribution is 0.608. The molecule has 0 fully saturated rings. The highest BCUT2D eigenvalue weighted by Crippen LogP contribution is 2.05. The Morgan fingerprint density at radius 1 is 1.30 bits per heavy atom. The summed E-state index contributed by atoms with van der Waals surface area (Å²) >= 11 is 0. The van der Waals surface area contributed by atoms with Crippen LogP contribution in [0.4, 0.5) is 4.39 Å². The minimum atomic E-state index is -0.215. The lowest BCUT2D eigenvalue weighted by Gasteiger charge is -2.04. The lowest BCUT2D eigenvalue weighted by atomic mass is 10.1. The Labute approximate surface area is 117 Å². The molecule has 106 valence electrons. The van der Waals surface area contributed by atoms with Gasteiger partial charge in [-0.1, -0.05) is 12.1 Å². The van der Waals surface area contributed by atoms with E-state index >= 15 is 0 Å². The zero-order valence-electron chi connectivity index (χ0n) is 11.4. The minimum absolute atomic E-state index is 0.215. The van der Waals surface area contributed by atoms with Crippen molar-refractivity contribution >= 4 is 5.96 Å². The zero-order valence-corrected chi connectivity index (χ0v) is 11.4. The van der Waals surface area contributed by atoms with Gasteiger partial charge < -0.3 is 10.6 Å². The van der Waals surface area contributed by atoms with Gasteiger partial charge in [0.1, 0.15) is 5.82 Å². The number of benzene rings is 1. The van der Waals surface area contributed by atoms with E-state index in [1.807, 2.05) is 10.9 Å². The molecule has 0 amide bonds. The van der Waals surface area contributed by atoms with Gasteiger partial charge in [0, 0.05) is 31.9 Å². The van der Waals surface area contributed by atoms with Gasteiger partial charge in [-0.25, -0.2) is 4.39 Å². The molecule has 20 heavy (non-hydrogen) atoms. The summed E-state index contributed by atoms with van der Waals surface area (Å²) in [6.45, 7) is 1.31. The van der Waals surface area contributed by atoms with Crippen molar-refractivity contribution in [2.75, 3.05) is 7.05 Å². The summed E-state index contributed by atoms with van der Waals surface area (Å²) in [5.74, 6) is 0.0669. The second-order valence-electron chi connectivity index (χ2n) is 4.47. The third-order valence-electron chi connectivity index (χ3n) is 2.95. The van der Waals surface area contributed by atoms with Gasteiger partial charge in [0.2, 0.25) is 0 Å². The number of guanidine groups is 1. The van der Waals surface area contributed by atoms with Crippen LogP contribution in [0.3, 0.4) is 0 Å². The van der Waals surface area contributed by atoms with Gasteiger partial charge in [-0.3, -0.25) is 10.1 Å². The molecule has 1 aromatic heterocycles. The summed E-state index contributed by atoms with van der Waals surface area (Å²) < 4.78 is 14.6. The Hall–Kier alpha value is -2.37. The molecule has 1 aromatic carbocycles. The summed E-state index contributed by atoms with van der Waals surface area (Å²) in [6, 6.07) is 6.51. The van der Waals surface area contributed by atoms with Crippen molar-refractivity contribution < 1.29 is 4.39 Å². The largest absolute Gasteiger partial charge is 0.360 e. The highest BCUT2D eigenvalue weighted by atomic mass is 19.1. The molecule has 0 radical (unpaired) electrons. The van der Waals surface area contributed by atoms with E-state index in [1.54, 1.807) is 25.4 Å². The lowest BCUT2D eigenvalue weighted by Crippen LogP contribution is -2.32. The summed E-state index contributed by atoms with van der Waals surface area (Å²) in [5, 5.41) is 17.3. The number of hydrogen-bond acceptors (Lipinski definition) is 2. The molecule has 0 spiro atoms. The molecule has 0 saturated heterocycles. The van der Waals surface area contributed by atoms with E-state index in [0.717, 1.165) is 24.1 Å². The monoisotopic (exact) mass is 275 g/mol. The number of aromatic nitrogens is 2. The van der Waals surface area contributed by atoms with Crippen LogP contribution >= 0.6 is 0 Å². The molecular formula is C14H18FN5. The van der Waals surface area contributed by atoms with Crippen LogP contribution in [0, 0.1) is 11.2 Å². The molecule has 0 bridgehead atoms. The summed E-state index contributed by atoms with van der Waals surface area (Å²) in [6.07, 6.45) is 4.53. The van der Waals surface area contributed by atoms with Gasteiger partial charge in [0.05, 0.1) is 6.20 Å². The molecule has 1 heterocycles. The third kappa shape index (κ3) is 4.08. The maximum absolute atomic E-state index is 12.8. The van der Waals surface area contributed by atoms with Gasteiger partial charge in [0.15, 0.2) is 5.96 Å². The molecule has 0 saturated carbocycles. The van der Waals surface area contributed by atoms with Gasteiger partial charge in [-0.05, 0) is 24.1 Å². The molecule has 6 heteroatoms. The smallest absolute Gasteiger partial charge is 0.188 e. The molecule has 2 aromatic rings. The Bertz CT molecular complexity index is 561. The quantitative estimate of drug-likeness (QED) is 0.572. The molecule has 3 N–H and O–H groups in total. The van der Waals surface area contributed by atoms with Gasteiger partial charge in [0.25, 0.3) is 0 Å². The second-order valence-corrected chi connectivity index (χ2v) is 4.47. The molecule has 0 atom stereocenters. The average molecular weight is 275 g/mol. The van der Waals surface area contributed by atoms with Crippen LogP contribution in [-0.2, 0) is 19.5 Å². The molecule has 5 nitrogen and oxygen atoms in total. The Balaban J connectivity index is 1.83. The van der Waals surface area contributed by atoms with E-state index in [2.05, 4.69) is 15.7 Å². The van der Waals surface area contributed by atoms with Crippen LogP contribution in [0.25, 0.3) is 0 Å². The number of rotatable bonds is 5. The highest BCUT2D eigenvalue weighted by molar-refractivity contribution is 5.75. The molecule has 0 aliphatic heterocycles. The van der Waals surface area contributed by atoms with Crippen molar-refractivity contribution in [3.05, 3.63) is 53.6 Å². The fourth-order valence-corrected chi connectivity index (χ4v) is 1.79. The van der Waals surface area contributed by atoms with Crippen molar-refractivity contribution in [2.24, 2.45) is 0 Å². The van der Waals surface area contributed by atoms with Crippen molar-refractivity contribution in [1.82, 2.24) is 20.4 Å². The SMILES string of the molecule is CNC(=N)NCc1cnn(CCc2ccc(F)cc2)c1. The molecule has 0 aliphatic rings. The van der Waals surface area contributed by atoms with Gasteiger partial charge in [-0.15, -0.1) is 0 Å². The number of hydrogen-bond donors (Lipinski definition) is 3. The normalized spacial score (nSPS) is 10.3. The van der Waals surface area contributed by atoms with Crippen LogP contribution < -0.4 is 10.6 Å². The maximum atomic E-state index is 12.8. The van der Waals surface area contributed by atoms with Crippen molar-refractivity contribution in [3.8, 4) is 0 Å². The number of halogens is 1. The van der Waals surface area contributed by atoms with Crippen molar-refractivity contribution in [3.63, 3.8) is 0 Å². The topological polar surface area (TPSA) is 65.7 Å². The first-order chi connectivity index (χ1) is 9.67. The first-order valence-corrected chi connectivity index (χ1v) is 6.43.